The van der Waals surface area contributed by atoms with Crippen LogP contribution in [0.15, 0.2) is 36.4 Å². The second-order valence-corrected chi connectivity index (χ2v) is 5.81. The molecule has 0 aliphatic rings. The van der Waals surface area contributed by atoms with Gasteiger partial charge >= 0.3 is 0 Å². The molecule has 0 radical (unpaired) electrons. The quantitative estimate of drug-likeness (QED) is 0.696. The number of para-hydroxylation sites is 1. The molecule has 0 atom stereocenters. The zero-order chi connectivity index (χ0) is 15.9. The third-order valence-electron chi connectivity index (χ3n) is 3.79. The zero-order valence-electron chi connectivity index (χ0n) is 12.7. The Bertz CT molecular complexity index is 888. The fraction of sp³-hybridized carbons (Fsp3) is 0.176. The van der Waals surface area contributed by atoms with Gasteiger partial charge in [0.1, 0.15) is 5.75 Å². The number of hydrogen-bond acceptors (Lipinski definition) is 3. The van der Waals surface area contributed by atoms with Crippen molar-refractivity contribution >= 4 is 12.2 Å². The monoisotopic (exact) mass is 311 g/mol. The lowest BCUT2D eigenvalue weighted by molar-refractivity contribution is 0.475. The van der Waals surface area contributed by atoms with Crippen molar-refractivity contribution in [1.82, 2.24) is 14.8 Å². The second-order valence-electron chi connectivity index (χ2n) is 5.43. The first-order chi connectivity index (χ1) is 10.5. The molecule has 0 spiro atoms. The van der Waals surface area contributed by atoms with E-state index in [-0.39, 0.29) is 5.75 Å². The average molecular weight is 311 g/mol. The Morgan fingerprint density at radius 1 is 1.05 bits per heavy atom. The summed E-state index contributed by atoms with van der Waals surface area (Å²) in [4.78, 5) is 0. The highest BCUT2D eigenvalue weighted by Gasteiger charge is 2.16. The normalized spacial score (nSPS) is 10.9. The minimum Gasteiger partial charge on any atom is -0.508 e. The van der Waals surface area contributed by atoms with Crippen LogP contribution in [0.2, 0.25) is 0 Å². The highest BCUT2D eigenvalue weighted by molar-refractivity contribution is 7.71. The lowest BCUT2D eigenvalue weighted by Gasteiger charge is -2.14. The number of H-pyrrole nitrogens is 1. The molecule has 2 N–H and O–H groups in total. The summed E-state index contributed by atoms with van der Waals surface area (Å²) in [7, 11) is 0. The highest BCUT2D eigenvalue weighted by Crippen LogP contribution is 2.29. The van der Waals surface area contributed by atoms with E-state index in [1.54, 1.807) is 12.1 Å². The molecular weight excluding hydrogens is 294 g/mol. The summed E-state index contributed by atoms with van der Waals surface area (Å²) in [5, 5.41) is 16.9. The number of nitrogens with one attached hydrogen (secondary N) is 1. The van der Waals surface area contributed by atoms with Crippen molar-refractivity contribution in [2.45, 2.75) is 20.8 Å². The molecule has 0 amide bonds. The first kappa shape index (κ1) is 14.5. The Morgan fingerprint density at radius 2 is 1.73 bits per heavy atom. The van der Waals surface area contributed by atoms with Crippen molar-refractivity contribution < 1.29 is 5.11 Å². The topological polar surface area (TPSA) is 53.8 Å². The van der Waals surface area contributed by atoms with Crippen LogP contribution >= 0.6 is 12.2 Å². The second kappa shape index (κ2) is 5.42. The molecule has 3 aromatic rings. The van der Waals surface area contributed by atoms with Crippen LogP contribution < -0.4 is 0 Å². The van der Waals surface area contributed by atoms with Gasteiger partial charge in [-0.2, -0.15) is 5.10 Å². The first-order valence-electron chi connectivity index (χ1n) is 7.03. The van der Waals surface area contributed by atoms with Gasteiger partial charge in [0, 0.05) is 5.56 Å². The van der Waals surface area contributed by atoms with Crippen LogP contribution in [0.3, 0.4) is 0 Å². The molecule has 112 valence electrons. The summed E-state index contributed by atoms with van der Waals surface area (Å²) < 4.78 is 2.51. The molecule has 1 heterocycles. The van der Waals surface area contributed by atoms with E-state index in [2.05, 4.69) is 36.2 Å². The Morgan fingerprint density at radius 3 is 2.36 bits per heavy atom. The molecule has 0 aliphatic heterocycles. The largest absolute Gasteiger partial charge is 0.508 e. The smallest absolute Gasteiger partial charge is 0.200 e. The summed E-state index contributed by atoms with van der Waals surface area (Å²) >= 11 is 5.44. The van der Waals surface area contributed by atoms with E-state index >= 15 is 0 Å². The van der Waals surface area contributed by atoms with Crippen molar-refractivity contribution in [2.24, 2.45) is 0 Å². The van der Waals surface area contributed by atoms with Crippen LogP contribution in [-0.2, 0) is 0 Å². The Balaban J connectivity index is 2.32. The third kappa shape index (κ3) is 2.33. The number of nitrogens with zero attached hydrogens (tertiary/aromatic N) is 2. The Hall–Kier alpha value is -2.40. The van der Waals surface area contributed by atoms with Gasteiger partial charge < -0.3 is 5.11 Å². The van der Waals surface area contributed by atoms with E-state index in [0.29, 0.717) is 4.77 Å². The number of phenols is 1. The van der Waals surface area contributed by atoms with E-state index < -0.39 is 0 Å². The van der Waals surface area contributed by atoms with Crippen LogP contribution in [0.4, 0.5) is 0 Å². The maximum Gasteiger partial charge on any atom is 0.200 e. The summed E-state index contributed by atoms with van der Waals surface area (Å²) in [5.41, 5.74) is 5.20. The van der Waals surface area contributed by atoms with E-state index in [4.69, 9.17) is 12.2 Å². The highest BCUT2D eigenvalue weighted by atomic mass is 32.1. The minimum atomic E-state index is 0.244. The molecule has 0 aliphatic carbocycles. The van der Waals surface area contributed by atoms with E-state index in [1.807, 2.05) is 23.6 Å². The summed E-state index contributed by atoms with van der Waals surface area (Å²) in [6, 6.07) is 11.4. The van der Waals surface area contributed by atoms with Crippen molar-refractivity contribution in [3.8, 4) is 22.8 Å². The third-order valence-corrected chi connectivity index (χ3v) is 4.06. The molecule has 0 saturated heterocycles. The minimum absolute atomic E-state index is 0.244. The van der Waals surface area contributed by atoms with Crippen LogP contribution in [-0.4, -0.2) is 19.9 Å². The van der Waals surface area contributed by atoms with E-state index in [1.165, 1.54) is 0 Å². The van der Waals surface area contributed by atoms with Gasteiger partial charge in [0.05, 0.1) is 5.69 Å². The molecule has 0 bridgehead atoms. The average Bonchev–Trinajstić information content (AvgIpc) is 2.81. The lowest BCUT2D eigenvalue weighted by Crippen LogP contribution is -2.03. The van der Waals surface area contributed by atoms with Gasteiger partial charge in [-0.1, -0.05) is 18.2 Å². The number of rotatable bonds is 2. The van der Waals surface area contributed by atoms with Gasteiger partial charge in [-0.3, -0.25) is 9.67 Å². The Labute approximate surface area is 134 Å². The van der Waals surface area contributed by atoms with Gasteiger partial charge in [0.25, 0.3) is 0 Å². The SMILES string of the molecule is Cc1cc(O)ccc1-c1n[nH]c(=S)n1-c1c(C)cccc1C. The summed E-state index contributed by atoms with van der Waals surface area (Å²) in [6.45, 7) is 6.07. The molecule has 0 unspecified atom stereocenters. The number of aromatic amines is 1. The maximum absolute atomic E-state index is 9.61. The number of hydrogen-bond donors (Lipinski definition) is 2. The van der Waals surface area contributed by atoms with Crippen LogP contribution in [0.5, 0.6) is 5.75 Å². The molecule has 2 aromatic carbocycles. The van der Waals surface area contributed by atoms with E-state index in [9.17, 15) is 5.11 Å². The van der Waals surface area contributed by atoms with Crippen LogP contribution in [0, 0.1) is 25.5 Å². The molecule has 5 heteroatoms. The molecule has 0 fully saturated rings. The van der Waals surface area contributed by atoms with Gasteiger partial charge in [0.15, 0.2) is 10.6 Å². The van der Waals surface area contributed by atoms with Gasteiger partial charge in [-0.15, -0.1) is 0 Å². The van der Waals surface area contributed by atoms with Gasteiger partial charge in [-0.05, 0) is 67.9 Å². The molecule has 1 aromatic heterocycles. The number of aromatic nitrogens is 3. The van der Waals surface area contributed by atoms with E-state index in [0.717, 1.165) is 33.8 Å². The van der Waals surface area contributed by atoms with Crippen molar-refractivity contribution in [2.75, 3.05) is 0 Å². The molecule has 0 saturated carbocycles. The molecule has 3 rings (SSSR count). The Kier molecular flexibility index (Phi) is 3.58. The first-order valence-corrected chi connectivity index (χ1v) is 7.44. The maximum atomic E-state index is 9.61. The summed E-state index contributed by atoms with van der Waals surface area (Å²) in [5.74, 6) is 0.994. The summed E-state index contributed by atoms with van der Waals surface area (Å²) in [6.07, 6.45) is 0. The van der Waals surface area contributed by atoms with Crippen LogP contribution in [0.25, 0.3) is 17.1 Å². The molecular formula is C17H17N3OS. The van der Waals surface area contributed by atoms with Gasteiger partial charge in [-0.25, -0.2) is 0 Å². The lowest BCUT2D eigenvalue weighted by atomic mass is 10.1. The molecule has 4 nitrogen and oxygen atoms in total. The predicted octanol–water partition coefficient (Wildman–Crippen LogP) is 4.23. The number of aryl methyl sites for hydroxylation is 3. The zero-order valence-corrected chi connectivity index (χ0v) is 13.5. The standard InChI is InChI=1S/C17H17N3OS/c1-10-5-4-6-11(2)15(10)20-16(18-19-17(20)22)14-8-7-13(21)9-12(14)3/h4-9,21H,1-3H3,(H,19,22). The number of benzene rings is 2. The van der Waals surface area contributed by atoms with Crippen LogP contribution in [0.1, 0.15) is 16.7 Å². The van der Waals surface area contributed by atoms with Gasteiger partial charge in [0.2, 0.25) is 0 Å². The fourth-order valence-electron chi connectivity index (χ4n) is 2.74. The van der Waals surface area contributed by atoms with Crippen molar-refractivity contribution in [3.63, 3.8) is 0 Å². The number of aromatic hydroxyl groups is 1. The van der Waals surface area contributed by atoms with Crippen molar-refractivity contribution in [3.05, 3.63) is 57.9 Å². The number of phenolic OH excluding ortho intramolecular Hbond substituents is 1. The fourth-order valence-corrected chi connectivity index (χ4v) is 2.97. The molecule has 22 heavy (non-hydrogen) atoms. The predicted molar refractivity (Wildman–Crippen MR) is 90.1 cm³/mol. The van der Waals surface area contributed by atoms with Crippen molar-refractivity contribution in [1.29, 1.82) is 0 Å².